The number of carbonyl (C=O) groups is 3. The zero-order chi connectivity index (χ0) is 35.5. The minimum atomic E-state index is -0.690. The number of amides is 3. The molecular weight excluding hydrogens is 631 g/mol. The zero-order valence-corrected chi connectivity index (χ0v) is 29.3. The summed E-state index contributed by atoms with van der Waals surface area (Å²) in [6.07, 6.45) is 1.43. The van der Waals surface area contributed by atoms with Gasteiger partial charge in [0, 0.05) is 70.2 Å². The van der Waals surface area contributed by atoms with Gasteiger partial charge in [-0.15, -0.1) is 0 Å². The number of aryl methyl sites for hydroxylation is 3. The van der Waals surface area contributed by atoms with Crippen LogP contribution in [0.15, 0.2) is 42.6 Å². The van der Waals surface area contributed by atoms with E-state index in [0.717, 1.165) is 6.42 Å². The summed E-state index contributed by atoms with van der Waals surface area (Å²) in [5.74, 6) is -0.586. The van der Waals surface area contributed by atoms with Crippen molar-refractivity contribution in [2.45, 2.75) is 71.8 Å². The number of piperazine rings is 1. The molecule has 0 spiro atoms. The summed E-state index contributed by atoms with van der Waals surface area (Å²) in [5.41, 5.74) is 1.51. The second-order valence-corrected chi connectivity index (χ2v) is 13.9. The standard InChI is InChI=1S/C36H47FN6O6/c1-22-8-9-25(17-29(22)37)31(21-42-13-14-43(24(3)20-42)35(46)49-36(4,5)6)48-30-16-23(2)27(34(45)39-32-10-12-41(7)40-32)18-28(30)33(44)38-19-26-11-15-47-26/h8-10,12,16-18,24,26,31H,11,13-15,19-21H2,1-7H3,(H,38,44)(H,39,40,45)/t24-,26+,31-/m1/s1. The average Bonchev–Trinajstić information content (AvgIpc) is 3.40. The number of carbonyl (C=O) groups excluding carboxylic acids is 3. The van der Waals surface area contributed by atoms with Gasteiger partial charge in [0.05, 0.1) is 11.7 Å². The van der Waals surface area contributed by atoms with Crippen LogP contribution in [-0.4, -0.2) is 94.6 Å². The number of aromatic nitrogens is 2. The highest BCUT2D eigenvalue weighted by Gasteiger charge is 2.33. The predicted octanol–water partition coefficient (Wildman–Crippen LogP) is 5.01. The number of ether oxygens (including phenoxy) is 3. The largest absolute Gasteiger partial charge is 0.484 e. The molecule has 0 bridgehead atoms. The Bertz CT molecular complexity index is 1680. The van der Waals surface area contributed by atoms with E-state index in [4.69, 9.17) is 14.2 Å². The van der Waals surface area contributed by atoms with E-state index < -0.39 is 23.5 Å². The highest BCUT2D eigenvalue weighted by atomic mass is 19.1. The summed E-state index contributed by atoms with van der Waals surface area (Å²) in [7, 11) is 1.75. The molecule has 13 heteroatoms. The molecule has 12 nitrogen and oxygen atoms in total. The molecule has 2 aliphatic heterocycles. The molecule has 49 heavy (non-hydrogen) atoms. The maximum atomic E-state index is 14.9. The molecule has 0 saturated carbocycles. The Labute approximate surface area is 286 Å². The summed E-state index contributed by atoms with van der Waals surface area (Å²) in [6, 6.07) is 9.70. The third kappa shape index (κ3) is 9.15. The van der Waals surface area contributed by atoms with Gasteiger partial charge in [-0.3, -0.25) is 19.2 Å². The van der Waals surface area contributed by atoms with Gasteiger partial charge in [-0.2, -0.15) is 5.10 Å². The predicted molar refractivity (Wildman–Crippen MR) is 182 cm³/mol. The van der Waals surface area contributed by atoms with Gasteiger partial charge in [0.15, 0.2) is 5.82 Å². The molecule has 1 aromatic heterocycles. The van der Waals surface area contributed by atoms with Crippen LogP contribution in [-0.2, 0) is 16.5 Å². The van der Waals surface area contributed by atoms with Gasteiger partial charge in [0.2, 0.25) is 0 Å². The van der Waals surface area contributed by atoms with E-state index in [1.807, 2.05) is 33.8 Å². The second-order valence-electron chi connectivity index (χ2n) is 13.9. The maximum Gasteiger partial charge on any atom is 0.410 e. The first-order valence-corrected chi connectivity index (χ1v) is 16.7. The van der Waals surface area contributed by atoms with Crippen LogP contribution in [0.25, 0.3) is 0 Å². The molecule has 2 aliphatic rings. The summed E-state index contributed by atoms with van der Waals surface area (Å²) >= 11 is 0. The van der Waals surface area contributed by atoms with E-state index >= 15 is 0 Å². The molecular formula is C36H47FN6O6. The van der Waals surface area contributed by atoms with Crippen molar-refractivity contribution in [1.29, 1.82) is 0 Å². The first kappa shape index (κ1) is 35.8. The second kappa shape index (κ2) is 15.0. The maximum absolute atomic E-state index is 14.9. The van der Waals surface area contributed by atoms with Crippen LogP contribution in [0, 0.1) is 19.7 Å². The minimum absolute atomic E-state index is 0.0738. The summed E-state index contributed by atoms with van der Waals surface area (Å²) in [4.78, 5) is 43.8. The summed E-state index contributed by atoms with van der Waals surface area (Å²) < 4.78 is 34.3. The van der Waals surface area contributed by atoms with Crippen LogP contribution in [0.5, 0.6) is 5.75 Å². The van der Waals surface area contributed by atoms with Crippen molar-refractivity contribution in [2.24, 2.45) is 7.05 Å². The number of halogens is 1. The van der Waals surface area contributed by atoms with Gasteiger partial charge in [-0.25, -0.2) is 9.18 Å². The molecule has 5 rings (SSSR count). The van der Waals surface area contributed by atoms with Crippen molar-refractivity contribution in [3.63, 3.8) is 0 Å². The van der Waals surface area contributed by atoms with E-state index in [9.17, 15) is 18.8 Å². The molecule has 0 aliphatic carbocycles. The molecule has 264 valence electrons. The van der Waals surface area contributed by atoms with Crippen molar-refractivity contribution in [1.82, 2.24) is 24.9 Å². The fraction of sp³-hybridized carbons (Fsp3) is 0.500. The molecule has 3 atom stereocenters. The van der Waals surface area contributed by atoms with Crippen molar-refractivity contribution >= 4 is 23.7 Å². The number of anilines is 1. The Hall–Kier alpha value is -4.49. The van der Waals surface area contributed by atoms with Gasteiger partial charge in [0.1, 0.15) is 23.3 Å². The first-order chi connectivity index (χ1) is 23.2. The van der Waals surface area contributed by atoms with Crippen molar-refractivity contribution < 1.29 is 33.0 Å². The van der Waals surface area contributed by atoms with E-state index in [0.29, 0.717) is 61.8 Å². The Kier molecular flexibility index (Phi) is 10.9. The Morgan fingerprint density at radius 1 is 1.06 bits per heavy atom. The number of hydrogen-bond donors (Lipinski definition) is 2. The van der Waals surface area contributed by atoms with E-state index in [2.05, 4.69) is 20.6 Å². The minimum Gasteiger partial charge on any atom is -0.484 e. The van der Waals surface area contributed by atoms with Crippen LogP contribution in [0.3, 0.4) is 0 Å². The van der Waals surface area contributed by atoms with E-state index in [1.54, 1.807) is 54.9 Å². The fourth-order valence-electron chi connectivity index (χ4n) is 5.81. The number of benzene rings is 2. The highest BCUT2D eigenvalue weighted by Crippen LogP contribution is 2.31. The van der Waals surface area contributed by atoms with Gasteiger partial charge >= 0.3 is 6.09 Å². The molecule has 0 radical (unpaired) electrons. The van der Waals surface area contributed by atoms with Crippen LogP contribution in [0.1, 0.15) is 77.6 Å². The fourth-order valence-corrected chi connectivity index (χ4v) is 5.81. The van der Waals surface area contributed by atoms with Gasteiger partial charge in [-0.1, -0.05) is 12.1 Å². The molecule has 2 fully saturated rings. The van der Waals surface area contributed by atoms with Crippen molar-refractivity contribution in [3.8, 4) is 5.75 Å². The van der Waals surface area contributed by atoms with E-state index in [1.165, 1.54) is 12.1 Å². The van der Waals surface area contributed by atoms with Gasteiger partial charge in [0.25, 0.3) is 11.8 Å². The van der Waals surface area contributed by atoms with Crippen molar-refractivity contribution in [2.75, 3.05) is 44.6 Å². The number of rotatable bonds is 10. The Balaban J connectivity index is 1.43. The smallest absolute Gasteiger partial charge is 0.410 e. The van der Waals surface area contributed by atoms with Crippen LogP contribution in [0.2, 0.25) is 0 Å². The Morgan fingerprint density at radius 3 is 2.43 bits per heavy atom. The van der Waals surface area contributed by atoms with E-state index in [-0.39, 0.29) is 40.9 Å². The SMILES string of the molecule is Cc1ccc([C@@H](CN2CCN(C(=O)OC(C)(C)C)[C@H](C)C2)Oc2cc(C)c(C(=O)Nc3ccn(C)n3)cc2C(=O)NC[C@@H]2CCO2)cc1F. The molecule has 2 N–H and O–H groups in total. The van der Waals surface area contributed by atoms with Crippen molar-refractivity contribution in [3.05, 3.63) is 76.2 Å². The summed E-state index contributed by atoms with van der Waals surface area (Å²) in [6.45, 7) is 13.8. The third-order valence-electron chi connectivity index (χ3n) is 8.66. The topological polar surface area (TPSA) is 127 Å². The summed E-state index contributed by atoms with van der Waals surface area (Å²) in [5, 5.41) is 9.93. The quantitative estimate of drug-likeness (QED) is 0.307. The average molecular weight is 679 g/mol. The molecule has 2 saturated heterocycles. The number of nitrogens with zero attached hydrogens (tertiary/aromatic N) is 4. The number of hydrogen-bond acceptors (Lipinski definition) is 8. The van der Waals surface area contributed by atoms with Gasteiger partial charge in [-0.05, 0) is 82.9 Å². The lowest BCUT2D eigenvalue weighted by atomic mass is 10.0. The lowest BCUT2D eigenvalue weighted by Gasteiger charge is -2.41. The zero-order valence-electron chi connectivity index (χ0n) is 29.3. The van der Waals surface area contributed by atoms with Gasteiger partial charge < -0.3 is 29.7 Å². The molecule has 3 amide bonds. The lowest BCUT2D eigenvalue weighted by Crippen LogP contribution is -2.55. The molecule has 3 aromatic rings. The first-order valence-electron chi connectivity index (χ1n) is 16.7. The lowest BCUT2D eigenvalue weighted by molar-refractivity contribution is -0.0473. The van der Waals surface area contributed by atoms with Crippen LogP contribution >= 0.6 is 0 Å². The molecule has 0 unspecified atom stereocenters. The third-order valence-corrected chi connectivity index (χ3v) is 8.66. The van der Waals surface area contributed by atoms with Crippen LogP contribution < -0.4 is 15.4 Å². The molecule has 2 aromatic carbocycles. The Morgan fingerprint density at radius 2 is 1.82 bits per heavy atom. The van der Waals surface area contributed by atoms with Crippen LogP contribution in [0.4, 0.5) is 15.0 Å². The normalized spacial score (nSPS) is 18.7. The number of nitrogens with one attached hydrogen (secondary N) is 2. The monoisotopic (exact) mass is 678 g/mol. The molecule has 3 heterocycles. The highest BCUT2D eigenvalue weighted by molar-refractivity contribution is 6.07.